The van der Waals surface area contributed by atoms with Crippen LogP contribution in [0.5, 0.6) is 17.2 Å². The summed E-state index contributed by atoms with van der Waals surface area (Å²) in [5.74, 6) is 2.66. The molecule has 0 spiro atoms. The van der Waals surface area contributed by atoms with E-state index in [1.165, 1.54) is 11.8 Å². The molecular formula is C21H24N4O4S. The second-order valence-electron chi connectivity index (χ2n) is 6.38. The van der Waals surface area contributed by atoms with Crippen molar-refractivity contribution in [1.29, 1.82) is 0 Å². The third kappa shape index (κ3) is 5.24. The molecule has 0 saturated carbocycles. The maximum Gasteiger partial charge on any atom is 0.234 e. The number of thioether (sulfide) groups is 1. The van der Waals surface area contributed by atoms with Crippen molar-refractivity contribution in [3.05, 3.63) is 54.4 Å². The first kappa shape index (κ1) is 21.5. The van der Waals surface area contributed by atoms with E-state index < -0.39 is 0 Å². The van der Waals surface area contributed by atoms with E-state index >= 15 is 0 Å². The van der Waals surface area contributed by atoms with Gasteiger partial charge in [-0.05, 0) is 31.2 Å². The van der Waals surface area contributed by atoms with Gasteiger partial charge in [0, 0.05) is 18.8 Å². The lowest BCUT2D eigenvalue weighted by atomic mass is 10.3. The standard InChI is InChI=1S/C21H24N4O4S/c1-14(29-18-11-6-5-10-17(18)28-4)20-23-24-21(25(20)2)30-13-19(26)22-15-8-7-9-16(12-15)27-3/h5-12,14H,13H2,1-4H3,(H,22,26). The molecule has 3 aromatic rings. The number of nitrogens with zero attached hydrogens (tertiary/aromatic N) is 3. The molecule has 3 rings (SSSR count). The number of aromatic nitrogens is 3. The van der Waals surface area contributed by atoms with E-state index in [4.69, 9.17) is 14.2 Å². The van der Waals surface area contributed by atoms with Gasteiger partial charge in [-0.1, -0.05) is 30.0 Å². The fourth-order valence-electron chi connectivity index (χ4n) is 2.79. The minimum Gasteiger partial charge on any atom is -0.497 e. The topological polar surface area (TPSA) is 87.5 Å². The largest absolute Gasteiger partial charge is 0.497 e. The molecule has 1 atom stereocenters. The number of hydrogen-bond donors (Lipinski definition) is 1. The van der Waals surface area contributed by atoms with Gasteiger partial charge in [-0.15, -0.1) is 10.2 Å². The van der Waals surface area contributed by atoms with Crippen LogP contribution in [0.4, 0.5) is 5.69 Å². The zero-order chi connectivity index (χ0) is 21.5. The Morgan fingerprint density at radius 3 is 2.60 bits per heavy atom. The van der Waals surface area contributed by atoms with Gasteiger partial charge < -0.3 is 24.1 Å². The fraction of sp³-hybridized carbons (Fsp3) is 0.286. The predicted octanol–water partition coefficient (Wildman–Crippen LogP) is 3.70. The molecule has 1 unspecified atom stereocenters. The Balaban J connectivity index is 1.60. The monoisotopic (exact) mass is 428 g/mol. The van der Waals surface area contributed by atoms with E-state index in [1.54, 1.807) is 20.3 Å². The van der Waals surface area contributed by atoms with Gasteiger partial charge in [-0.2, -0.15) is 0 Å². The summed E-state index contributed by atoms with van der Waals surface area (Å²) in [7, 11) is 5.03. The number of methoxy groups -OCH3 is 2. The Bertz CT molecular complexity index is 1010. The lowest BCUT2D eigenvalue weighted by molar-refractivity contribution is -0.113. The molecular weight excluding hydrogens is 404 g/mol. The van der Waals surface area contributed by atoms with Gasteiger partial charge in [0.2, 0.25) is 5.91 Å². The number of anilines is 1. The fourth-order valence-corrected chi connectivity index (χ4v) is 3.51. The number of carbonyl (C=O) groups excluding carboxylic acids is 1. The second kappa shape index (κ2) is 10.0. The molecule has 1 heterocycles. The van der Waals surface area contributed by atoms with E-state index in [1.807, 2.05) is 61.0 Å². The van der Waals surface area contributed by atoms with Crippen molar-refractivity contribution < 1.29 is 19.0 Å². The average molecular weight is 429 g/mol. The molecule has 1 N–H and O–H groups in total. The SMILES string of the molecule is COc1cccc(NC(=O)CSc2nnc(C(C)Oc3ccccc3OC)n2C)c1. The highest BCUT2D eigenvalue weighted by atomic mass is 32.2. The van der Waals surface area contributed by atoms with E-state index in [0.717, 1.165) is 0 Å². The Morgan fingerprint density at radius 1 is 1.10 bits per heavy atom. The molecule has 0 bridgehead atoms. The molecule has 0 saturated heterocycles. The summed E-state index contributed by atoms with van der Waals surface area (Å²) in [4.78, 5) is 12.3. The maximum atomic E-state index is 12.3. The molecule has 2 aromatic carbocycles. The van der Waals surface area contributed by atoms with Crippen LogP contribution >= 0.6 is 11.8 Å². The maximum absolute atomic E-state index is 12.3. The van der Waals surface area contributed by atoms with Crippen molar-refractivity contribution in [1.82, 2.24) is 14.8 Å². The number of nitrogens with one attached hydrogen (secondary N) is 1. The van der Waals surface area contributed by atoms with Crippen LogP contribution in [0.25, 0.3) is 0 Å². The van der Waals surface area contributed by atoms with Crippen molar-refractivity contribution in [3.8, 4) is 17.2 Å². The molecule has 1 amide bonds. The van der Waals surface area contributed by atoms with Gasteiger partial charge in [0.15, 0.2) is 28.6 Å². The zero-order valence-corrected chi connectivity index (χ0v) is 18.1. The molecule has 30 heavy (non-hydrogen) atoms. The Kier molecular flexibility index (Phi) is 7.18. The number of para-hydroxylation sites is 2. The van der Waals surface area contributed by atoms with E-state index in [-0.39, 0.29) is 17.8 Å². The number of benzene rings is 2. The highest BCUT2D eigenvalue weighted by molar-refractivity contribution is 7.99. The summed E-state index contributed by atoms with van der Waals surface area (Å²) in [5, 5.41) is 11.9. The van der Waals surface area contributed by atoms with Crippen LogP contribution in [-0.2, 0) is 11.8 Å². The summed E-state index contributed by atoms with van der Waals surface area (Å²) in [6, 6.07) is 14.6. The summed E-state index contributed by atoms with van der Waals surface area (Å²) in [5.41, 5.74) is 0.678. The molecule has 0 aliphatic heterocycles. The minimum atomic E-state index is -0.348. The van der Waals surface area contributed by atoms with Gasteiger partial charge in [0.25, 0.3) is 0 Å². The first-order valence-corrected chi connectivity index (χ1v) is 10.3. The van der Waals surface area contributed by atoms with Crippen LogP contribution in [0.3, 0.4) is 0 Å². The Morgan fingerprint density at radius 2 is 1.87 bits per heavy atom. The lowest BCUT2D eigenvalue weighted by Gasteiger charge is -2.16. The van der Waals surface area contributed by atoms with Gasteiger partial charge in [0.05, 0.1) is 20.0 Å². The number of rotatable bonds is 9. The first-order chi connectivity index (χ1) is 14.5. The summed E-state index contributed by atoms with van der Waals surface area (Å²) in [6.07, 6.45) is -0.348. The highest BCUT2D eigenvalue weighted by Gasteiger charge is 2.19. The average Bonchev–Trinajstić information content (AvgIpc) is 3.13. The van der Waals surface area contributed by atoms with E-state index in [0.29, 0.717) is 33.9 Å². The number of hydrogen-bond acceptors (Lipinski definition) is 7. The molecule has 9 heteroatoms. The van der Waals surface area contributed by atoms with Crippen molar-refractivity contribution in [2.75, 3.05) is 25.3 Å². The number of amides is 1. The summed E-state index contributed by atoms with van der Waals surface area (Å²) < 4.78 is 18.3. The summed E-state index contributed by atoms with van der Waals surface area (Å²) >= 11 is 1.30. The van der Waals surface area contributed by atoms with E-state index in [2.05, 4.69) is 15.5 Å². The smallest absolute Gasteiger partial charge is 0.234 e. The number of carbonyl (C=O) groups is 1. The number of ether oxygens (including phenoxy) is 3. The molecule has 0 aliphatic rings. The van der Waals surface area contributed by atoms with Crippen LogP contribution in [-0.4, -0.2) is 40.6 Å². The van der Waals surface area contributed by atoms with Gasteiger partial charge >= 0.3 is 0 Å². The van der Waals surface area contributed by atoms with Gasteiger partial charge in [-0.25, -0.2) is 0 Å². The normalized spacial score (nSPS) is 11.6. The third-order valence-corrected chi connectivity index (χ3v) is 5.31. The van der Waals surface area contributed by atoms with Crippen LogP contribution in [0.15, 0.2) is 53.7 Å². The zero-order valence-electron chi connectivity index (χ0n) is 17.3. The molecule has 1 aromatic heterocycles. The van der Waals surface area contributed by atoms with Crippen molar-refractivity contribution in [3.63, 3.8) is 0 Å². The highest BCUT2D eigenvalue weighted by Crippen LogP contribution is 2.30. The minimum absolute atomic E-state index is 0.142. The van der Waals surface area contributed by atoms with Crippen molar-refractivity contribution >= 4 is 23.4 Å². The van der Waals surface area contributed by atoms with Crippen molar-refractivity contribution in [2.45, 2.75) is 18.2 Å². The van der Waals surface area contributed by atoms with Gasteiger partial charge in [-0.3, -0.25) is 4.79 Å². The lowest BCUT2D eigenvalue weighted by Crippen LogP contribution is -2.15. The van der Waals surface area contributed by atoms with Crippen LogP contribution < -0.4 is 19.5 Å². The van der Waals surface area contributed by atoms with Crippen LogP contribution in [0, 0.1) is 0 Å². The summed E-state index contributed by atoms with van der Waals surface area (Å²) in [6.45, 7) is 1.89. The molecule has 0 aliphatic carbocycles. The predicted molar refractivity (Wildman–Crippen MR) is 115 cm³/mol. The molecule has 0 radical (unpaired) electrons. The van der Waals surface area contributed by atoms with E-state index in [9.17, 15) is 4.79 Å². The molecule has 158 valence electrons. The third-order valence-electron chi connectivity index (χ3n) is 4.29. The quantitative estimate of drug-likeness (QED) is 0.520. The molecule has 0 fully saturated rings. The van der Waals surface area contributed by atoms with Crippen molar-refractivity contribution in [2.24, 2.45) is 7.05 Å². The first-order valence-electron chi connectivity index (χ1n) is 9.27. The Hall–Kier alpha value is -3.20. The van der Waals surface area contributed by atoms with Crippen LogP contribution in [0.1, 0.15) is 18.9 Å². The van der Waals surface area contributed by atoms with Gasteiger partial charge in [0.1, 0.15) is 5.75 Å². The second-order valence-corrected chi connectivity index (χ2v) is 7.32. The molecule has 8 nitrogen and oxygen atoms in total. The Labute approximate surface area is 179 Å². The van der Waals surface area contributed by atoms with Crippen LogP contribution in [0.2, 0.25) is 0 Å².